The molecule has 0 radical (unpaired) electrons. The molecule has 6 rings (SSSR count). The molecule has 8 nitrogen and oxygen atoms in total. The molecule has 2 N–H and O–H groups in total. The Morgan fingerprint density at radius 2 is 1.77 bits per heavy atom. The molecule has 43 heavy (non-hydrogen) atoms. The number of ether oxygens (including phenoxy) is 1. The zero-order valence-electron chi connectivity index (χ0n) is 25.3. The summed E-state index contributed by atoms with van der Waals surface area (Å²) in [4.78, 5) is 20.9. The number of benzene rings is 3. The van der Waals surface area contributed by atoms with Crippen molar-refractivity contribution in [2.24, 2.45) is 10.7 Å². The van der Waals surface area contributed by atoms with Crippen molar-refractivity contribution in [2.45, 2.75) is 58.5 Å². The number of hydrogen-bond donors (Lipinski definition) is 1. The molecule has 1 atom stereocenters. The van der Waals surface area contributed by atoms with Crippen molar-refractivity contribution in [1.82, 2.24) is 19.7 Å². The molecule has 0 saturated carbocycles. The number of likely N-dealkylation sites (tertiary alicyclic amines) is 1. The van der Waals surface area contributed by atoms with Gasteiger partial charge in [-0.3, -0.25) is 14.4 Å². The van der Waals surface area contributed by atoms with E-state index in [4.69, 9.17) is 27.1 Å². The highest BCUT2D eigenvalue weighted by Crippen LogP contribution is 2.35. The van der Waals surface area contributed by atoms with E-state index in [1.807, 2.05) is 72.7 Å². The summed E-state index contributed by atoms with van der Waals surface area (Å²) >= 11 is 6.22. The fourth-order valence-corrected chi connectivity index (χ4v) is 6.03. The molecular weight excluding hydrogens is 560 g/mol. The summed E-state index contributed by atoms with van der Waals surface area (Å²) in [6, 6.07) is 21.5. The standard InChI is InChI=1S/C32H33ClN6O2.C2H6/c1-20-36-37-32-28(18-30(40)38-14-12-22(13-15-38)24-5-3-4-21(16-24)19-34)35-31(23-6-8-25(33)9-7-23)27-17-26(41-2)10-11-29(27)39(20)32;1-2/h3-11,16-17,22,28H,12-15,18-19,34H2,1-2H3;1-2H3/t28-;/m0./s1. The zero-order valence-corrected chi connectivity index (χ0v) is 26.0. The van der Waals surface area contributed by atoms with Gasteiger partial charge in [0.2, 0.25) is 5.91 Å². The minimum absolute atomic E-state index is 0.0686. The Labute approximate surface area is 258 Å². The fourth-order valence-electron chi connectivity index (χ4n) is 5.91. The molecule has 3 aromatic carbocycles. The van der Waals surface area contributed by atoms with Gasteiger partial charge in [0.25, 0.3) is 0 Å². The Bertz CT molecular complexity index is 1610. The van der Waals surface area contributed by atoms with Gasteiger partial charge in [-0.2, -0.15) is 0 Å². The predicted octanol–water partition coefficient (Wildman–Crippen LogP) is 6.41. The Balaban J connectivity index is 0.00000180. The van der Waals surface area contributed by atoms with E-state index < -0.39 is 6.04 Å². The highest BCUT2D eigenvalue weighted by molar-refractivity contribution is 6.30. The SMILES string of the molecule is CC.COc1ccc2c(c1)C(c1ccc(Cl)cc1)=N[C@@H](CC(=O)N1CCC(c3cccc(CN)c3)CC1)c1nnc(C)n1-2. The number of carbonyl (C=O) groups excluding carboxylic acids is 1. The second-order valence-corrected chi connectivity index (χ2v) is 11.1. The number of aromatic nitrogens is 3. The van der Waals surface area contributed by atoms with Gasteiger partial charge in [0.05, 0.1) is 24.9 Å². The predicted molar refractivity (Wildman–Crippen MR) is 171 cm³/mol. The molecule has 1 saturated heterocycles. The monoisotopic (exact) mass is 598 g/mol. The molecule has 0 aliphatic carbocycles. The molecule has 1 aromatic heterocycles. The maximum absolute atomic E-state index is 13.7. The molecule has 0 bridgehead atoms. The van der Waals surface area contributed by atoms with Crippen LogP contribution in [0.1, 0.15) is 79.0 Å². The van der Waals surface area contributed by atoms with Gasteiger partial charge in [-0.05, 0) is 67.1 Å². The molecule has 0 spiro atoms. The van der Waals surface area contributed by atoms with E-state index in [1.165, 1.54) is 5.56 Å². The lowest BCUT2D eigenvalue weighted by Gasteiger charge is -2.33. The van der Waals surface area contributed by atoms with Gasteiger partial charge in [0.15, 0.2) is 5.82 Å². The first-order valence-electron chi connectivity index (χ1n) is 15.0. The molecule has 1 amide bonds. The van der Waals surface area contributed by atoms with Crippen molar-refractivity contribution in [3.63, 3.8) is 0 Å². The summed E-state index contributed by atoms with van der Waals surface area (Å²) in [5.74, 6) is 2.59. The van der Waals surface area contributed by atoms with Gasteiger partial charge >= 0.3 is 0 Å². The third-order valence-corrected chi connectivity index (χ3v) is 8.38. The fraction of sp³-hybridized carbons (Fsp3) is 0.353. The highest BCUT2D eigenvalue weighted by Gasteiger charge is 2.32. The third-order valence-electron chi connectivity index (χ3n) is 8.12. The van der Waals surface area contributed by atoms with Crippen LogP contribution in [0.2, 0.25) is 5.02 Å². The molecule has 4 aromatic rings. The number of aliphatic imine (C=N–C) groups is 1. The van der Waals surface area contributed by atoms with Gasteiger partial charge in [-0.15, -0.1) is 10.2 Å². The number of nitrogens with zero attached hydrogens (tertiary/aromatic N) is 5. The number of nitrogens with two attached hydrogens (primary N) is 1. The van der Waals surface area contributed by atoms with Crippen LogP contribution >= 0.6 is 11.6 Å². The molecule has 0 unspecified atom stereocenters. The zero-order chi connectivity index (χ0) is 30.5. The van der Waals surface area contributed by atoms with Gasteiger partial charge in [-0.25, -0.2) is 0 Å². The third kappa shape index (κ3) is 6.36. The summed E-state index contributed by atoms with van der Waals surface area (Å²) in [5.41, 5.74) is 11.7. The maximum Gasteiger partial charge on any atom is 0.225 e. The summed E-state index contributed by atoms with van der Waals surface area (Å²) in [6.45, 7) is 7.87. The van der Waals surface area contributed by atoms with E-state index >= 15 is 0 Å². The number of hydrogen-bond acceptors (Lipinski definition) is 6. The van der Waals surface area contributed by atoms with E-state index in [1.54, 1.807) is 7.11 Å². The number of methoxy groups -OCH3 is 1. The summed E-state index contributed by atoms with van der Waals surface area (Å²) in [7, 11) is 1.65. The van der Waals surface area contributed by atoms with E-state index in [2.05, 4.69) is 34.5 Å². The van der Waals surface area contributed by atoms with Crippen LogP contribution in [-0.2, 0) is 11.3 Å². The normalized spacial score (nSPS) is 16.3. The van der Waals surface area contributed by atoms with Crippen molar-refractivity contribution in [2.75, 3.05) is 20.2 Å². The van der Waals surface area contributed by atoms with Crippen LogP contribution in [0.4, 0.5) is 0 Å². The minimum atomic E-state index is -0.508. The van der Waals surface area contributed by atoms with Crippen LogP contribution in [0.3, 0.4) is 0 Å². The second kappa shape index (κ2) is 13.5. The largest absolute Gasteiger partial charge is 0.497 e. The number of rotatable bonds is 6. The Hall–Kier alpha value is -4.01. The van der Waals surface area contributed by atoms with E-state index in [0.717, 1.165) is 46.8 Å². The number of amides is 1. The van der Waals surface area contributed by atoms with Crippen LogP contribution in [0.25, 0.3) is 5.69 Å². The van der Waals surface area contributed by atoms with Gasteiger partial charge in [0.1, 0.15) is 17.6 Å². The maximum atomic E-state index is 13.7. The average Bonchev–Trinajstić information content (AvgIpc) is 3.38. The van der Waals surface area contributed by atoms with Crippen LogP contribution < -0.4 is 10.5 Å². The van der Waals surface area contributed by atoms with Crippen molar-refractivity contribution < 1.29 is 9.53 Å². The number of aryl methyl sites for hydroxylation is 1. The van der Waals surface area contributed by atoms with E-state index in [-0.39, 0.29) is 12.3 Å². The van der Waals surface area contributed by atoms with E-state index in [9.17, 15) is 4.79 Å². The summed E-state index contributed by atoms with van der Waals surface area (Å²) < 4.78 is 7.57. The van der Waals surface area contributed by atoms with Crippen molar-refractivity contribution in [3.8, 4) is 11.4 Å². The molecule has 1 fully saturated rings. The molecule has 9 heteroatoms. The van der Waals surface area contributed by atoms with E-state index in [0.29, 0.717) is 42.1 Å². The number of halogens is 1. The lowest BCUT2D eigenvalue weighted by molar-refractivity contribution is -0.132. The van der Waals surface area contributed by atoms with Crippen molar-refractivity contribution in [3.05, 3.63) is 106 Å². The number of carbonyl (C=O) groups is 1. The summed E-state index contributed by atoms with van der Waals surface area (Å²) in [6.07, 6.45) is 2.04. The smallest absolute Gasteiger partial charge is 0.225 e. The van der Waals surface area contributed by atoms with Crippen LogP contribution in [-0.4, -0.2) is 51.5 Å². The number of fused-ring (bicyclic) bond motifs is 3. The Morgan fingerprint density at radius 3 is 2.47 bits per heavy atom. The molecule has 2 aliphatic heterocycles. The van der Waals surface area contributed by atoms with Crippen molar-refractivity contribution in [1.29, 1.82) is 0 Å². The molecule has 3 heterocycles. The highest BCUT2D eigenvalue weighted by atomic mass is 35.5. The first-order valence-corrected chi connectivity index (χ1v) is 15.3. The topological polar surface area (TPSA) is 98.6 Å². The van der Waals surface area contributed by atoms with Gasteiger partial charge < -0.3 is 15.4 Å². The first kappa shape index (κ1) is 30.4. The van der Waals surface area contributed by atoms with Crippen LogP contribution in [0, 0.1) is 6.92 Å². The van der Waals surface area contributed by atoms with Crippen molar-refractivity contribution >= 4 is 23.2 Å². The van der Waals surface area contributed by atoms with Gasteiger partial charge in [-0.1, -0.05) is 61.8 Å². The second-order valence-electron chi connectivity index (χ2n) is 10.6. The minimum Gasteiger partial charge on any atom is -0.497 e. The summed E-state index contributed by atoms with van der Waals surface area (Å²) in [5, 5.41) is 9.54. The Kier molecular flexibility index (Phi) is 9.58. The molecule has 224 valence electrons. The lowest BCUT2D eigenvalue weighted by atomic mass is 9.88. The Morgan fingerprint density at radius 1 is 1.02 bits per heavy atom. The van der Waals surface area contributed by atoms with Crippen LogP contribution in [0.5, 0.6) is 5.75 Å². The van der Waals surface area contributed by atoms with Crippen LogP contribution in [0.15, 0.2) is 71.7 Å². The molecule has 2 aliphatic rings. The first-order chi connectivity index (χ1) is 20.9. The molecular formula is C34H39ClN6O2. The van der Waals surface area contributed by atoms with Gasteiger partial charge in [0, 0.05) is 35.8 Å². The average molecular weight is 599 g/mol. The number of piperidine rings is 1. The quantitative estimate of drug-likeness (QED) is 0.276. The lowest BCUT2D eigenvalue weighted by Crippen LogP contribution is -2.38.